The zero-order valence-corrected chi connectivity index (χ0v) is 20.5. The van der Waals surface area contributed by atoms with Gasteiger partial charge in [-0.2, -0.15) is 0 Å². The molecule has 10 heteroatoms. The third-order valence-electron chi connectivity index (χ3n) is 3.94. The molecule has 0 unspecified atom stereocenters. The molecule has 0 amide bonds. The van der Waals surface area contributed by atoms with E-state index in [-0.39, 0.29) is 0 Å². The predicted molar refractivity (Wildman–Crippen MR) is 108 cm³/mol. The number of halogens is 5. The minimum atomic E-state index is -4.30. The van der Waals surface area contributed by atoms with E-state index in [9.17, 15) is 13.2 Å². The van der Waals surface area contributed by atoms with Gasteiger partial charge in [-0.1, -0.05) is 0 Å². The molecule has 2 aromatic rings. The number of morpholine rings is 1. The van der Waals surface area contributed by atoms with E-state index in [1.54, 1.807) is 12.1 Å². The Balaban J connectivity index is 1.97. The molecule has 0 radical (unpaired) electrons. The molecule has 3 rings (SSSR count). The fraction of sp³-hybridized carbons (Fsp3) is 0.438. The predicted octanol–water partition coefficient (Wildman–Crippen LogP) is 4.53. The van der Waals surface area contributed by atoms with Gasteiger partial charge in [-0.25, -0.2) is 0 Å². The van der Waals surface area contributed by atoms with Crippen molar-refractivity contribution in [2.24, 2.45) is 7.05 Å². The second kappa shape index (κ2) is 8.34. The van der Waals surface area contributed by atoms with Crippen LogP contribution in [0.5, 0.6) is 0 Å². The first-order valence-electron chi connectivity index (χ1n) is 7.80. The maximum absolute atomic E-state index is 12.8. The van der Waals surface area contributed by atoms with E-state index in [1.165, 1.54) is 3.80 Å². The average molecular weight is 775 g/mol. The van der Waals surface area contributed by atoms with Crippen LogP contribution in [0.2, 0.25) is 0 Å². The standard InChI is InChI=1S/C12H11F3N2.C4H8NO.2HI.Pt/c1-16-6-7-17(9-16)8-10-2-4-11(5-3-10)12(13,14)15;1-3-6-4-2-5-1;;;/h2-7H,8H2,1H3;1-4H2;2*1H;/q;-1;;;+3/p-2. The molecule has 26 heavy (non-hydrogen) atoms. The summed E-state index contributed by atoms with van der Waals surface area (Å²) in [4.78, 5) is 0. The van der Waals surface area contributed by atoms with E-state index in [2.05, 4.69) is 51.3 Å². The number of ether oxygens (including phenoxy) is 1. The van der Waals surface area contributed by atoms with Crippen LogP contribution in [0, 0.1) is 3.80 Å². The van der Waals surface area contributed by atoms with Crippen LogP contribution in [-0.4, -0.2) is 38.9 Å². The quantitative estimate of drug-likeness (QED) is 0.429. The van der Waals surface area contributed by atoms with Gasteiger partial charge in [0.05, 0.1) is 0 Å². The number of rotatable bonds is 3. The van der Waals surface area contributed by atoms with Gasteiger partial charge in [0.25, 0.3) is 0 Å². The van der Waals surface area contributed by atoms with Crippen molar-refractivity contribution < 1.29 is 26.4 Å². The van der Waals surface area contributed by atoms with Gasteiger partial charge in [-0.15, -0.1) is 0 Å². The van der Waals surface area contributed by atoms with Crippen molar-refractivity contribution in [3.8, 4) is 0 Å². The van der Waals surface area contributed by atoms with Gasteiger partial charge in [0, 0.05) is 0 Å². The topological polar surface area (TPSA) is 22.3 Å². The molecule has 0 atom stereocenters. The first-order valence-corrected chi connectivity index (χ1v) is 22.8. The summed E-state index contributed by atoms with van der Waals surface area (Å²) in [6.45, 7) is 3.92. The van der Waals surface area contributed by atoms with E-state index < -0.39 is 20.2 Å². The summed E-state index contributed by atoms with van der Waals surface area (Å²) in [7, 11) is -0.444. The number of imidazole rings is 1. The van der Waals surface area contributed by atoms with Crippen molar-refractivity contribution in [2.75, 3.05) is 26.3 Å². The third kappa shape index (κ3) is 4.64. The second-order valence-electron chi connectivity index (χ2n) is 5.80. The molecule has 1 fully saturated rings. The van der Waals surface area contributed by atoms with Crippen LogP contribution in [-0.2, 0) is 33.0 Å². The molecule has 1 aromatic heterocycles. The van der Waals surface area contributed by atoms with E-state index in [0.717, 1.165) is 44.0 Å². The van der Waals surface area contributed by atoms with Crippen LogP contribution in [0.1, 0.15) is 11.1 Å². The molecule has 4 nitrogen and oxygen atoms in total. The van der Waals surface area contributed by atoms with Gasteiger partial charge in [-0.3, -0.25) is 0 Å². The van der Waals surface area contributed by atoms with Crippen LogP contribution in [0.3, 0.4) is 0 Å². The Kier molecular flexibility index (Phi) is 6.74. The van der Waals surface area contributed by atoms with Crippen LogP contribution < -0.4 is 0 Å². The molecule has 0 saturated carbocycles. The molecule has 0 spiro atoms. The van der Waals surface area contributed by atoms with Crippen LogP contribution in [0.15, 0.2) is 36.7 Å². The van der Waals surface area contributed by atoms with Crippen molar-refractivity contribution in [1.29, 1.82) is 0 Å². The molecule has 1 saturated heterocycles. The summed E-state index contributed by atoms with van der Waals surface area (Å²) in [5, 5.41) is 0. The number of aryl methyl sites for hydroxylation is 1. The van der Waals surface area contributed by atoms with Gasteiger partial charge >= 0.3 is 175 Å². The number of benzene rings is 1. The number of aromatic nitrogens is 2. The van der Waals surface area contributed by atoms with E-state index in [1.807, 2.05) is 19.4 Å². The summed E-state index contributed by atoms with van der Waals surface area (Å²) in [5.41, 5.74) is 0.254. The Bertz CT molecular complexity index is 849. The SMILES string of the molecule is Cn1ccn(Cc2ccc(C(F)(F)F)cc2)[c]1=[Pt]([I])([I])[N]1CCOCC1. The Morgan fingerprint density at radius 1 is 1.08 bits per heavy atom. The molecule has 149 valence electrons. The molecule has 0 aliphatic carbocycles. The summed E-state index contributed by atoms with van der Waals surface area (Å²) < 4.78 is 51.9. The zero-order chi connectivity index (χ0) is 18.9. The second-order valence-corrected chi connectivity index (χ2v) is 37.6. The fourth-order valence-electron chi connectivity index (χ4n) is 2.65. The Labute approximate surface area is 174 Å². The molecular formula is C16H19F3I2N3OPt. The van der Waals surface area contributed by atoms with Crippen LogP contribution in [0.25, 0.3) is 0 Å². The molecule has 0 N–H and O–H groups in total. The summed E-state index contributed by atoms with van der Waals surface area (Å²) in [6, 6.07) is 5.44. The molecule has 0 bridgehead atoms. The number of nitrogens with zero attached hydrogens (tertiary/aromatic N) is 3. The van der Waals surface area contributed by atoms with Crippen molar-refractivity contribution in [3.05, 3.63) is 51.6 Å². The van der Waals surface area contributed by atoms with Crippen molar-refractivity contribution in [2.45, 2.75) is 12.7 Å². The van der Waals surface area contributed by atoms with Crippen LogP contribution in [0.4, 0.5) is 13.2 Å². The molecular weight excluding hydrogens is 756 g/mol. The molecule has 2 heterocycles. The van der Waals surface area contributed by atoms with Gasteiger partial charge in [-0.05, 0) is 0 Å². The number of hydrogen-bond donors (Lipinski definition) is 0. The van der Waals surface area contributed by atoms with E-state index in [0.29, 0.717) is 6.54 Å². The monoisotopic (exact) mass is 775 g/mol. The Morgan fingerprint density at radius 2 is 1.69 bits per heavy atom. The maximum atomic E-state index is 12.8. The normalized spacial score (nSPS) is 17.5. The zero-order valence-electron chi connectivity index (χ0n) is 14.0. The van der Waals surface area contributed by atoms with Gasteiger partial charge in [0.1, 0.15) is 0 Å². The van der Waals surface area contributed by atoms with Crippen LogP contribution >= 0.6 is 38.7 Å². The van der Waals surface area contributed by atoms with E-state index in [4.69, 9.17) is 4.74 Å². The summed E-state index contributed by atoms with van der Waals surface area (Å²) >= 11 is 5.23. The number of hydrogen-bond acceptors (Lipinski definition) is 2. The fourth-order valence-corrected chi connectivity index (χ4v) is 19.4. The first-order chi connectivity index (χ1) is 12.2. The van der Waals surface area contributed by atoms with E-state index >= 15 is 0 Å². The first kappa shape index (κ1) is 21.0. The Morgan fingerprint density at radius 3 is 2.27 bits per heavy atom. The van der Waals surface area contributed by atoms with Gasteiger partial charge < -0.3 is 0 Å². The summed E-state index contributed by atoms with van der Waals surface area (Å²) in [6.07, 6.45) is -0.257. The van der Waals surface area contributed by atoms with Crippen molar-refractivity contribution >= 4 is 38.7 Å². The average Bonchev–Trinajstić information content (AvgIpc) is 2.96. The molecule has 1 aromatic carbocycles. The third-order valence-corrected chi connectivity index (χ3v) is 21.5. The van der Waals surface area contributed by atoms with Gasteiger partial charge in [0.15, 0.2) is 0 Å². The Hall–Kier alpha value is 0.288. The van der Waals surface area contributed by atoms with Gasteiger partial charge in [0.2, 0.25) is 0 Å². The molecule has 1 aliphatic heterocycles. The number of alkyl halides is 3. The minimum absolute atomic E-state index is 0.565. The summed E-state index contributed by atoms with van der Waals surface area (Å²) in [5.74, 6) is 0. The molecule has 1 aliphatic rings. The van der Waals surface area contributed by atoms with Crippen molar-refractivity contribution in [3.63, 3.8) is 0 Å². The van der Waals surface area contributed by atoms with Crippen molar-refractivity contribution in [1.82, 2.24) is 12.6 Å².